The summed E-state index contributed by atoms with van der Waals surface area (Å²) >= 11 is 0. The number of benzene rings is 2. The summed E-state index contributed by atoms with van der Waals surface area (Å²) in [5, 5.41) is 0. The Hall–Kier alpha value is -2.68. The number of fused-ring (bicyclic) bond motifs is 1. The highest BCUT2D eigenvalue weighted by Gasteiger charge is 2.39. The van der Waals surface area contributed by atoms with Crippen molar-refractivity contribution in [2.75, 3.05) is 13.1 Å². The van der Waals surface area contributed by atoms with Gasteiger partial charge in [0.05, 0.1) is 10.5 Å². The second kappa shape index (κ2) is 7.38. The van der Waals surface area contributed by atoms with Crippen molar-refractivity contribution in [3.05, 3.63) is 76.9 Å². The molecule has 2 aromatic rings. The number of carbonyl (C=O) groups is 1. The minimum Gasteiger partial charge on any atom is -0.293 e. The molecule has 4 rings (SSSR count). The van der Waals surface area contributed by atoms with Crippen LogP contribution in [0.5, 0.6) is 0 Å². The Kier molecular flexibility index (Phi) is 4.92. The summed E-state index contributed by atoms with van der Waals surface area (Å²) in [6, 6.07) is 16.4. The zero-order valence-corrected chi connectivity index (χ0v) is 16.5. The van der Waals surface area contributed by atoms with Crippen LogP contribution >= 0.6 is 0 Å². The minimum atomic E-state index is -3.59. The highest BCUT2D eigenvalue weighted by molar-refractivity contribution is 7.89. The Morgan fingerprint density at radius 1 is 1.00 bits per heavy atom. The number of carbonyl (C=O) groups excluding carboxylic acids is 1. The average Bonchev–Trinajstić information content (AvgIpc) is 3.02. The van der Waals surface area contributed by atoms with E-state index in [1.54, 1.807) is 24.3 Å². The number of ketones is 1. The third kappa shape index (κ3) is 3.54. The summed E-state index contributed by atoms with van der Waals surface area (Å²) < 4.78 is 27.6. The first-order valence-electron chi connectivity index (χ1n) is 9.35. The van der Waals surface area contributed by atoms with Gasteiger partial charge >= 0.3 is 0 Å². The van der Waals surface area contributed by atoms with Crippen molar-refractivity contribution in [3.63, 3.8) is 0 Å². The molecule has 1 heterocycles. The lowest BCUT2D eigenvalue weighted by Crippen LogP contribution is -2.39. The second-order valence-corrected chi connectivity index (χ2v) is 9.22. The Labute approximate surface area is 165 Å². The van der Waals surface area contributed by atoms with Crippen molar-refractivity contribution in [3.8, 4) is 11.8 Å². The first-order chi connectivity index (χ1) is 13.4. The fourth-order valence-corrected chi connectivity index (χ4v) is 5.19. The average molecular weight is 391 g/mol. The van der Waals surface area contributed by atoms with Gasteiger partial charge in [0.2, 0.25) is 10.0 Å². The molecular formula is C23H21NO3S. The Bertz CT molecular complexity index is 1100. The van der Waals surface area contributed by atoms with E-state index in [2.05, 4.69) is 11.8 Å². The van der Waals surface area contributed by atoms with Crippen LogP contribution in [0.15, 0.2) is 70.6 Å². The van der Waals surface area contributed by atoms with Crippen molar-refractivity contribution >= 4 is 15.8 Å². The van der Waals surface area contributed by atoms with Crippen LogP contribution in [0.1, 0.15) is 24.0 Å². The predicted octanol–water partition coefficient (Wildman–Crippen LogP) is 3.33. The molecule has 1 aliphatic carbocycles. The molecule has 5 heteroatoms. The highest BCUT2D eigenvalue weighted by atomic mass is 32.2. The van der Waals surface area contributed by atoms with E-state index in [0.717, 1.165) is 16.7 Å². The van der Waals surface area contributed by atoms with Gasteiger partial charge in [-0.1, -0.05) is 47.7 Å². The number of allylic oxidation sites excluding steroid dienone is 1. The lowest BCUT2D eigenvalue weighted by Gasteiger charge is -2.31. The van der Waals surface area contributed by atoms with Gasteiger partial charge in [0.15, 0.2) is 5.78 Å². The molecule has 0 bridgehead atoms. The summed E-state index contributed by atoms with van der Waals surface area (Å²) in [6.07, 6.45) is 1.09. The van der Waals surface area contributed by atoms with Gasteiger partial charge in [0.25, 0.3) is 0 Å². The number of hydrogen-bond acceptors (Lipinski definition) is 3. The van der Waals surface area contributed by atoms with Gasteiger partial charge in [-0.15, -0.1) is 0 Å². The van der Waals surface area contributed by atoms with Crippen molar-refractivity contribution in [2.24, 2.45) is 5.92 Å². The Morgan fingerprint density at radius 3 is 2.43 bits per heavy atom. The fraction of sp³-hybridized carbons (Fsp3) is 0.261. The lowest BCUT2D eigenvalue weighted by atomic mass is 9.94. The topological polar surface area (TPSA) is 54.5 Å². The lowest BCUT2D eigenvalue weighted by molar-refractivity contribution is -0.115. The van der Waals surface area contributed by atoms with Crippen molar-refractivity contribution < 1.29 is 13.2 Å². The van der Waals surface area contributed by atoms with E-state index in [4.69, 9.17) is 0 Å². The number of piperidine rings is 1. The number of aryl methyl sites for hydroxylation is 1. The van der Waals surface area contributed by atoms with Crippen LogP contribution in [0.3, 0.4) is 0 Å². The Balaban J connectivity index is 1.65. The summed E-state index contributed by atoms with van der Waals surface area (Å²) in [5.41, 5.74) is 3.22. The van der Waals surface area contributed by atoms with E-state index in [1.165, 1.54) is 4.31 Å². The van der Waals surface area contributed by atoms with Crippen LogP contribution in [-0.4, -0.2) is 31.6 Å². The third-order valence-electron chi connectivity index (χ3n) is 5.36. The van der Waals surface area contributed by atoms with Crippen molar-refractivity contribution in [2.45, 2.75) is 24.7 Å². The molecule has 0 amide bonds. The smallest absolute Gasteiger partial charge is 0.243 e. The number of rotatable bonds is 2. The summed E-state index contributed by atoms with van der Waals surface area (Å²) in [7, 11) is -3.59. The maximum Gasteiger partial charge on any atom is 0.243 e. The third-order valence-corrected chi connectivity index (χ3v) is 7.22. The number of Topliss-reactive ketones (excluding diaryl/α,β-unsaturated/α-hetero) is 1. The molecule has 0 saturated carbocycles. The quantitative estimate of drug-likeness (QED) is 0.738. The van der Waals surface area contributed by atoms with Gasteiger partial charge in [-0.25, -0.2) is 8.42 Å². The predicted molar refractivity (Wildman–Crippen MR) is 108 cm³/mol. The molecule has 0 radical (unpaired) electrons. The maximum absolute atomic E-state index is 13.0. The standard InChI is InChI=1S/C23H21NO3S/c1-17-7-10-20(11-8-17)28(26,27)24-14-13-19-15-23(25)21(22(19)16-24)12-9-18-5-3-2-4-6-18/h2-8,10-11,19H,13-16H2,1H3. The summed E-state index contributed by atoms with van der Waals surface area (Å²) in [5.74, 6) is 6.20. The molecule has 0 N–H and O–H groups in total. The largest absolute Gasteiger partial charge is 0.293 e. The first-order valence-corrected chi connectivity index (χ1v) is 10.8. The summed E-state index contributed by atoms with van der Waals surface area (Å²) in [6.45, 7) is 2.59. The molecule has 2 aromatic carbocycles. The van der Waals surface area contributed by atoms with Crippen LogP contribution < -0.4 is 0 Å². The van der Waals surface area contributed by atoms with E-state index in [0.29, 0.717) is 29.9 Å². The molecular weight excluding hydrogens is 370 g/mol. The molecule has 0 aromatic heterocycles. The van der Waals surface area contributed by atoms with Gasteiger partial charge in [0.1, 0.15) is 0 Å². The number of sulfonamides is 1. The van der Waals surface area contributed by atoms with E-state index < -0.39 is 10.0 Å². The van der Waals surface area contributed by atoms with Gasteiger partial charge < -0.3 is 0 Å². The maximum atomic E-state index is 13.0. The molecule has 1 fully saturated rings. The molecule has 1 atom stereocenters. The van der Waals surface area contributed by atoms with Crippen LogP contribution in [0, 0.1) is 24.7 Å². The van der Waals surface area contributed by atoms with Crippen LogP contribution in [-0.2, 0) is 14.8 Å². The van der Waals surface area contributed by atoms with E-state index in [1.807, 2.05) is 37.3 Å². The molecule has 1 saturated heterocycles. The number of nitrogens with zero attached hydrogens (tertiary/aromatic N) is 1. The van der Waals surface area contributed by atoms with Gasteiger partial charge in [-0.2, -0.15) is 4.31 Å². The molecule has 0 spiro atoms. The zero-order valence-electron chi connectivity index (χ0n) is 15.7. The monoisotopic (exact) mass is 391 g/mol. The van der Waals surface area contributed by atoms with E-state index in [-0.39, 0.29) is 18.2 Å². The Morgan fingerprint density at radius 2 is 1.71 bits per heavy atom. The molecule has 4 nitrogen and oxygen atoms in total. The van der Waals surface area contributed by atoms with Crippen LogP contribution in [0.2, 0.25) is 0 Å². The summed E-state index contributed by atoms with van der Waals surface area (Å²) in [4.78, 5) is 12.8. The van der Waals surface area contributed by atoms with Crippen molar-refractivity contribution in [1.82, 2.24) is 4.31 Å². The molecule has 142 valence electrons. The van der Waals surface area contributed by atoms with Crippen LogP contribution in [0.25, 0.3) is 0 Å². The molecule has 2 aliphatic rings. The normalized spacial score (nSPS) is 19.9. The first kappa shape index (κ1) is 18.7. The van der Waals surface area contributed by atoms with Gasteiger partial charge in [-0.05, 0) is 49.1 Å². The fourth-order valence-electron chi connectivity index (χ4n) is 3.76. The van der Waals surface area contributed by atoms with Crippen molar-refractivity contribution in [1.29, 1.82) is 0 Å². The van der Waals surface area contributed by atoms with Gasteiger partial charge in [0, 0.05) is 25.1 Å². The number of hydrogen-bond donors (Lipinski definition) is 0. The van der Waals surface area contributed by atoms with Crippen LogP contribution in [0.4, 0.5) is 0 Å². The molecule has 1 unspecified atom stereocenters. The zero-order chi connectivity index (χ0) is 19.7. The van der Waals surface area contributed by atoms with E-state index in [9.17, 15) is 13.2 Å². The van der Waals surface area contributed by atoms with E-state index >= 15 is 0 Å². The second-order valence-electron chi connectivity index (χ2n) is 7.28. The highest BCUT2D eigenvalue weighted by Crippen LogP contribution is 2.37. The van der Waals surface area contributed by atoms with Gasteiger partial charge in [-0.3, -0.25) is 4.79 Å². The SMILES string of the molecule is Cc1ccc(S(=O)(=O)N2CCC3CC(=O)C(C#Cc4ccccc4)=C3C2)cc1. The molecule has 1 aliphatic heterocycles. The molecule has 28 heavy (non-hydrogen) atoms. The minimum absolute atomic E-state index is 0.0259.